The molecule has 0 atom stereocenters. The molecule has 0 aliphatic carbocycles. The molecule has 19 heavy (non-hydrogen) atoms. The van der Waals surface area contributed by atoms with Crippen LogP contribution in [-0.4, -0.2) is 6.36 Å². The Bertz CT molecular complexity index is 549. The van der Waals surface area contributed by atoms with E-state index in [1.165, 1.54) is 12.1 Å². The maximum Gasteiger partial charge on any atom is 0.573 e. The van der Waals surface area contributed by atoms with Crippen molar-refractivity contribution in [1.82, 2.24) is 0 Å². The Morgan fingerprint density at radius 2 is 1.58 bits per heavy atom. The van der Waals surface area contributed by atoms with Crippen LogP contribution in [0.15, 0.2) is 48.5 Å². The molecular weight excluding hydrogens is 277 g/mol. The zero-order valence-electron chi connectivity index (χ0n) is 9.75. The zero-order valence-corrected chi connectivity index (χ0v) is 10.5. The highest BCUT2D eigenvalue weighted by Crippen LogP contribution is 2.24. The molecule has 1 nitrogen and oxygen atoms in total. The summed E-state index contributed by atoms with van der Waals surface area (Å²) in [5.41, 5.74) is 1.79. The van der Waals surface area contributed by atoms with Crippen molar-refractivity contribution in [2.75, 3.05) is 0 Å². The average Bonchev–Trinajstić information content (AvgIpc) is 2.33. The summed E-state index contributed by atoms with van der Waals surface area (Å²) in [4.78, 5) is 0. The van der Waals surface area contributed by atoms with E-state index in [0.717, 1.165) is 11.1 Å². The number of rotatable bonds is 3. The van der Waals surface area contributed by atoms with Gasteiger partial charge in [0.1, 0.15) is 5.75 Å². The van der Waals surface area contributed by atoms with Gasteiger partial charge in [0.15, 0.2) is 0 Å². The van der Waals surface area contributed by atoms with Crippen LogP contribution in [0.5, 0.6) is 5.75 Å². The largest absolute Gasteiger partial charge is 0.573 e. The van der Waals surface area contributed by atoms with Crippen LogP contribution >= 0.6 is 11.6 Å². The van der Waals surface area contributed by atoms with E-state index in [1.54, 1.807) is 18.2 Å². The monoisotopic (exact) mass is 286 g/mol. The zero-order chi connectivity index (χ0) is 13.9. The number of hydrogen-bond donors (Lipinski definition) is 0. The molecule has 5 heteroatoms. The Morgan fingerprint density at radius 3 is 2.16 bits per heavy atom. The van der Waals surface area contributed by atoms with Gasteiger partial charge in [-0.05, 0) is 35.7 Å². The van der Waals surface area contributed by atoms with Gasteiger partial charge in [-0.25, -0.2) is 0 Å². The Kier molecular flexibility index (Phi) is 4.00. The van der Waals surface area contributed by atoms with Crippen molar-refractivity contribution in [2.45, 2.75) is 12.8 Å². The summed E-state index contributed by atoms with van der Waals surface area (Å²) < 4.78 is 39.8. The van der Waals surface area contributed by atoms with Crippen LogP contribution in [0.3, 0.4) is 0 Å². The molecule has 0 bridgehead atoms. The molecule has 0 saturated heterocycles. The highest BCUT2D eigenvalue weighted by molar-refractivity contribution is 6.31. The average molecular weight is 287 g/mol. The van der Waals surface area contributed by atoms with E-state index in [2.05, 4.69) is 4.74 Å². The molecule has 0 fully saturated rings. The molecule has 0 unspecified atom stereocenters. The third kappa shape index (κ3) is 4.17. The second-order valence-corrected chi connectivity index (χ2v) is 4.37. The normalized spacial score (nSPS) is 11.4. The SMILES string of the molecule is FC(F)(F)Oc1ccc(Cc2ccccc2Cl)cc1. The van der Waals surface area contributed by atoms with Crippen molar-refractivity contribution in [3.05, 3.63) is 64.7 Å². The van der Waals surface area contributed by atoms with Crippen molar-refractivity contribution in [3.63, 3.8) is 0 Å². The molecule has 0 aliphatic heterocycles. The molecular formula is C14H10ClF3O. The molecule has 0 N–H and O–H groups in total. The lowest BCUT2D eigenvalue weighted by atomic mass is 10.1. The minimum Gasteiger partial charge on any atom is -0.406 e. The Balaban J connectivity index is 2.09. The fourth-order valence-electron chi connectivity index (χ4n) is 1.67. The van der Waals surface area contributed by atoms with Crippen molar-refractivity contribution in [2.24, 2.45) is 0 Å². The van der Waals surface area contributed by atoms with Crippen LogP contribution in [0.4, 0.5) is 13.2 Å². The van der Waals surface area contributed by atoms with Crippen molar-refractivity contribution < 1.29 is 17.9 Å². The molecule has 0 radical (unpaired) electrons. The smallest absolute Gasteiger partial charge is 0.406 e. The Hall–Kier alpha value is -1.68. The summed E-state index contributed by atoms with van der Waals surface area (Å²) >= 11 is 6.02. The number of benzene rings is 2. The van der Waals surface area contributed by atoms with Gasteiger partial charge in [-0.2, -0.15) is 0 Å². The molecule has 2 rings (SSSR count). The molecule has 0 heterocycles. The van der Waals surface area contributed by atoms with Crippen molar-refractivity contribution >= 4 is 11.6 Å². The molecule has 0 spiro atoms. The summed E-state index contributed by atoms with van der Waals surface area (Å²) in [6, 6.07) is 13.1. The molecule has 2 aromatic rings. The maximum absolute atomic E-state index is 12.0. The minimum atomic E-state index is -4.66. The molecule has 0 aliphatic rings. The first-order valence-corrected chi connectivity index (χ1v) is 5.90. The first-order valence-electron chi connectivity index (χ1n) is 5.52. The summed E-state index contributed by atoms with van der Waals surface area (Å²) in [6.45, 7) is 0. The van der Waals surface area contributed by atoms with Crippen LogP contribution in [0, 0.1) is 0 Å². The summed E-state index contributed by atoms with van der Waals surface area (Å²) in [5.74, 6) is -0.226. The van der Waals surface area contributed by atoms with E-state index in [4.69, 9.17) is 11.6 Å². The van der Waals surface area contributed by atoms with Crippen LogP contribution < -0.4 is 4.74 Å². The van der Waals surface area contributed by atoms with Crippen LogP contribution in [0.25, 0.3) is 0 Å². The van der Waals surface area contributed by atoms with Gasteiger partial charge in [0.25, 0.3) is 0 Å². The highest BCUT2D eigenvalue weighted by atomic mass is 35.5. The molecule has 0 saturated carbocycles. The molecule has 2 aromatic carbocycles. The third-order valence-corrected chi connectivity index (χ3v) is 2.88. The van der Waals surface area contributed by atoms with Gasteiger partial charge in [-0.15, -0.1) is 13.2 Å². The van der Waals surface area contributed by atoms with Crippen molar-refractivity contribution in [3.8, 4) is 5.75 Å². The van der Waals surface area contributed by atoms with Gasteiger partial charge in [-0.3, -0.25) is 0 Å². The van der Waals surface area contributed by atoms with Gasteiger partial charge in [0, 0.05) is 5.02 Å². The minimum absolute atomic E-state index is 0.226. The lowest BCUT2D eigenvalue weighted by Gasteiger charge is -2.09. The number of hydrogen-bond acceptors (Lipinski definition) is 1. The topological polar surface area (TPSA) is 9.23 Å². The van der Waals surface area contributed by atoms with Crippen LogP contribution in [0.1, 0.15) is 11.1 Å². The first kappa shape index (κ1) is 13.7. The van der Waals surface area contributed by atoms with E-state index in [1.807, 2.05) is 18.2 Å². The number of alkyl halides is 3. The van der Waals surface area contributed by atoms with E-state index < -0.39 is 6.36 Å². The summed E-state index contributed by atoms with van der Waals surface area (Å²) in [6.07, 6.45) is -4.10. The van der Waals surface area contributed by atoms with Gasteiger partial charge in [0.2, 0.25) is 0 Å². The standard InChI is InChI=1S/C14H10ClF3O/c15-13-4-2-1-3-11(13)9-10-5-7-12(8-6-10)19-14(16,17)18/h1-8H,9H2. The lowest BCUT2D eigenvalue weighted by Crippen LogP contribution is -2.17. The van der Waals surface area contributed by atoms with Crippen LogP contribution in [-0.2, 0) is 6.42 Å². The van der Waals surface area contributed by atoms with E-state index in [-0.39, 0.29) is 5.75 Å². The highest BCUT2D eigenvalue weighted by Gasteiger charge is 2.30. The Morgan fingerprint density at radius 1 is 0.947 bits per heavy atom. The number of halogens is 4. The fraction of sp³-hybridized carbons (Fsp3) is 0.143. The fourth-order valence-corrected chi connectivity index (χ4v) is 1.87. The van der Waals surface area contributed by atoms with E-state index in [0.29, 0.717) is 11.4 Å². The Labute approximate surface area is 113 Å². The molecule has 0 amide bonds. The second-order valence-electron chi connectivity index (χ2n) is 3.96. The predicted octanol–water partition coefficient (Wildman–Crippen LogP) is 4.83. The quantitative estimate of drug-likeness (QED) is 0.785. The first-order chi connectivity index (χ1) is 8.94. The maximum atomic E-state index is 12.0. The molecule has 0 aromatic heterocycles. The van der Waals surface area contributed by atoms with E-state index >= 15 is 0 Å². The van der Waals surface area contributed by atoms with Crippen LogP contribution in [0.2, 0.25) is 5.02 Å². The molecule has 100 valence electrons. The van der Waals surface area contributed by atoms with Gasteiger partial charge < -0.3 is 4.74 Å². The number of ether oxygens (including phenoxy) is 1. The summed E-state index contributed by atoms with van der Waals surface area (Å²) in [5, 5.41) is 0.637. The van der Waals surface area contributed by atoms with Gasteiger partial charge in [0.05, 0.1) is 0 Å². The lowest BCUT2D eigenvalue weighted by molar-refractivity contribution is -0.274. The second kappa shape index (κ2) is 5.53. The van der Waals surface area contributed by atoms with Gasteiger partial charge in [-0.1, -0.05) is 41.9 Å². The third-order valence-electron chi connectivity index (χ3n) is 2.51. The predicted molar refractivity (Wildman–Crippen MR) is 67.4 cm³/mol. The van der Waals surface area contributed by atoms with E-state index in [9.17, 15) is 13.2 Å². The van der Waals surface area contributed by atoms with Crippen molar-refractivity contribution in [1.29, 1.82) is 0 Å². The summed E-state index contributed by atoms with van der Waals surface area (Å²) in [7, 11) is 0. The van der Waals surface area contributed by atoms with Gasteiger partial charge >= 0.3 is 6.36 Å².